The highest BCUT2D eigenvalue weighted by atomic mass is 14.7. The van der Waals surface area contributed by atoms with Crippen molar-refractivity contribution in [3.05, 3.63) is 35.4 Å². The van der Waals surface area contributed by atoms with E-state index in [4.69, 9.17) is 5.73 Å². The van der Waals surface area contributed by atoms with Crippen molar-refractivity contribution in [2.75, 3.05) is 0 Å². The van der Waals surface area contributed by atoms with E-state index in [1.54, 1.807) is 0 Å². The Labute approximate surface area is 105 Å². The quantitative estimate of drug-likeness (QED) is 0.819. The molecule has 1 nitrogen and oxygen atoms in total. The maximum atomic E-state index is 6.12. The smallest absolute Gasteiger partial charge is 0.0352 e. The van der Waals surface area contributed by atoms with Gasteiger partial charge in [-0.25, -0.2) is 0 Å². The third kappa shape index (κ3) is 2.13. The Morgan fingerprint density at radius 3 is 1.71 bits per heavy atom. The molecule has 0 aliphatic heterocycles. The third-order valence-electron chi connectivity index (χ3n) is 4.37. The van der Waals surface area contributed by atoms with E-state index in [2.05, 4.69) is 58.9 Å². The van der Waals surface area contributed by atoms with Crippen LogP contribution in [0.5, 0.6) is 0 Å². The lowest BCUT2D eigenvalue weighted by Gasteiger charge is -2.32. The molecule has 0 saturated heterocycles. The molecular formula is C16H25N. The Hall–Kier alpha value is -0.820. The number of rotatable bonds is 2. The molecule has 2 N–H and O–H groups in total. The van der Waals surface area contributed by atoms with Gasteiger partial charge in [-0.3, -0.25) is 0 Å². The van der Waals surface area contributed by atoms with Crippen molar-refractivity contribution in [2.45, 2.75) is 58.4 Å². The van der Waals surface area contributed by atoms with E-state index < -0.39 is 0 Å². The molecular weight excluding hydrogens is 206 g/mol. The molecule has 1 aromatic carbocycles. The van der Waals surface area contributed by atoms with E-state index in [9.17, 15) is 0 Å². The van der Waals surface area contributed by atoms with Gasteiger partial charge in [0.15, 0.2) is 0 Å². The van der Waals surface area contributed by atoms with Gasteiger partial charge in [0, 0.05) is 11.0 Å². The van der Waals surface area contributed by atoms with Gasteiger partial charge >= 0.3 is 0 Å². The molecule has 0 atom stereocenters. The predicted molar refractivity (Wildman–Crippen MR) is 74.0 cm³/mol. The van der Waals surface area contributed by atoms with Crippen molar-refractivity contribution in [1.82, 2.24) is 0 Å². The highest BCUT2D eigenvalue weighted by Crippen LogP contribution is 2.59. The number of nitrogens with two attached hydrogens (primary N) is 1. The monoisotopic (exact) mass is 231 g/mol. The van der Waals surface area contributed by atoms with Crippen LogP contribution in [0, 0.1) is 5.41 Å². The largest absolute Gasteiger partial charge is 0.322 e. The van der Waals surface area contributed by atoms with Gasteiger partial charge in [0.2, 0.25) is 0 Å². The Morgan fingerprint density at radius 1 is 0.941 bits per heavy atom. The van der Waals surface area contributed by atoms with Gasteiger partial charge in [-0.15, -0.1) is 0 Å². The second-order valence-electron chi connectivity index (χ2n) is 7.13. The van der Waals surface area contributed by atoms with Gasteiger partial charge in [0.25, 0.3) is 0 Å². The van der Waals surface area contributed by atoms with Crippen LogP contribution in [-0.4, -0.2) is 0 Å². The molecule has 1 saturated carbocycles. The SMILES string of the molecule is CC(C)(N)c1ccc(C2(C(C)(C)C)CC2)cc1. The van der Waals surface area contributed by atoms with Crippen LogP contribution < -0.4 is 5.73 Å². The fourth-order valence-corrected chi connectivity index (χ4v) is 2.82. The first-order valence-electron chi connectivity index (χ1n) is 6.57. The highest BCUT2D eigenvalue weighted by Gasteiger charge is 2.52. The minimum atomic E-state index is -0.239. The summed E-state index contributed by atoms with van der Waals surface area (Å²) in [6.45, 7) is 11.2. The molecule has 0 spiro atoms. The van der Waals surface area contributed by atoms with E-state index in [0.29, 0.717) is 10.8 Å². The number of hydrogen-bond acceptors (Lipinski definition) is 1. The van der Waals surface area contributed by atoms with Crippen LogP contribution >= 0.6 is 0 Å². The van der Waals surface area contributed by atoms with Gasteiger partial charge < -0.3 is 5.73 Å². The second-order valence-corrected chi connectivity index (χ2v) is 7.13. The molecule has 0 heterocycles. The Balaban J connectivity index is 2.32. The Kier molecular flexibility index (Phi) is 2.66. The first kappa shape index (κ1) is 12.6. The molecule has 2 rings (SSSR count). The van der Waals surface area contributed by atoms with Crippen molar-refractivity contribution in [2.24, 2.45) is 11.1 Å². The highest BCUT2D eigenvalue weighted by molar-refractivity contribution is 5.37. The van der Waals surface area contributed by atoms with Crippen LogP contribution in [0.3, 0.4) is 0 Å². The second kappa shape index (κ2) is 3.58. The standard InChI is InChI=1S/C16H25N/c1-14(2,3)16(10-11-16)13-8-6-12(7-9-13)15(4,5)17/h6-9H,10-11,17H2,1-5H3. The average molecular weight is 231 g/mol. The first-order valence-corrected chi connectivity index (χ1v) is 6.57. The molecule has 0 bridgehead atoms. The first-order chi connectivity index (χ1) is 7.67. The van der Waals surface area contributed by atoms with E-state index in [1.165, 1.54) is 24.0 Å². The summed E-state index contributed by atoms with van der Waals surface area (Å²) in [5.74, 6) is 0. The minimum Gasteiger partial charge on any atom is -0.322 e. The molecule has 0 unspecified atom stereocenters. The summed E-state index contributed by atoms with van der Waals surface area (Å²) in [7, 11) is 0. The fourth-order valence-electron chi connectivity index (χ4n) is 2.82. The van der Waals surface area contributed by atoms with E-state index >= 15 is 0 Å². The molecule has 1 fully saturated rings. The Morgan fingerprint density at radius 2 is 1.41 bits per heavy atom. The summed E-state index contributed by atoms with van der Waals surface area (Å²) in [4.78, 5) is 0. The van der Waals surface area contributed by atoms with Gasteiger partial charge in [-0.2, -0.15) is 0 Å². The van der Waals surface area contributed by atoms with Crippen LogP contribution in [0.25, 0.3) is 0 Å². The van der Waals surface area contributed by atoms with Crippen molar-refractivity contribution < 1.29 is 0 Å². The molecule has 1 heteroatoms. The van der Waals surface area contributed by atoms with E-state index in [1.807, 2.05) is 0 Å². The van der Waals surface area contributed by atoms with Crippen LogP contribution in [-0.2, 0) is 11.0 Å². The molecule has 17 heavy (non-hydrogen) atoms. The molecule has 94 valence electrons. The lowest BCUT2D eigenvalue weighted by molar-refractivity contribution is 0.298. The van der Waals surface area contributed by atoms with Crippen molar-refractivity contribution in [3.8, 4) is 0 Å². The van der Waals surface area contributed by atoms with Crippen molar-refractivity contribution >= 4 is 0 Å². The molecule has 1 aliphatic rings. The summed E-state index contributed by atoms with van der Waals surface area (Å²) >= 11 is 0. The van der Waals surface area contributed by atoms with Gasteiger partial charge in [0.05, 0.1) is 0 Å². The topological polar surface area (TPSA) is 26.0 Å². The van der Waals surface area contributed by atoms with Crippen LogP contribution in [0.4, 0.5) is 0 Å². The minimum absolute atomic E-state index is 0.239. The molecule has 1 aromatic rings. The maximum Gasteiger partial charge on any atom is 0.0352 e. The summed E-state index contributed by atoms with van der Waals surface area (Å²) in [5, 5.41) is 0. The zero-order valence-corrected chi connectivity index (χ0v) is 11.8. The maximum absolute atomic E-state index is 6.12. The lowest BCUT2D eigenvalue weighted by atomic mass is 9.73. The Bertz CT molecular complexity index is 397. The van der Waals surface area contributed by atoms with Crippen LogP contribution in [0.2, 0.25) is 0 Å². The van der Waals surface area contributed by atoms with Gasteiger partial charge in [0.1, 0.15) is 0 Å². The summed E-state index contributed by atoms with van der Waals surface area (Å²) in [6.07, 6.45) is 2.64. The lowest BCUT2D eigenvalue weighted by Crippen LogP contribution is -2.29. The molecule has 0 amide bonds. The van der Waals surface area contributed by atoms with E-state index in [0.717, 1.165) is 0 Å². The van der Waals surface area contributed by atoms with Crippen LogP contribution in [0.1, 0.15) is 58.6 Å². The summed E-state index contributed by atoms with van der Waals surface area (Å²) in [5.41, 5.74) is 9.34. The van der Waals surface area contributed by atoms with Gasteiger partial charge in [-0.1, -0.05) is 45.0 Å². The normalized spacial score (nSPS) is 19.2. The molecule has 0 radical (unpaired) electrons. The summed E-state index contributed by atoms with van der Waals surface area (Å²) in [6, 6.07) is 8.95. The predicted octanol–water partition coefficient (Wildman–Crippen LogP) is 3.96. The zero-order chi connectivity index (χ0) is 12.9. The summed E-state index contributed by atoms with van der Waals surface area (Å²) < 4.78 is 0. The fraction of sp³-hybridized carbons (Fsp3) is 0.625. The average Bonchev–Trinajstić information content (AvgIpc) is 2.96. The zero-order valence-electron chi connectivity index (χ0n) is 11.8. The third-order valence-corrected chi connectivity index (χ3v) is 4.37. The van der Waals surface area contributed by atoms with E-state index in [-0.39, 0.29) is 5.54 Å². The molecule has 0 aromatic heterocycles. The molecule has 1 aliphatic carbocycles. The van der Waals surface area contributed by atoms with Crippen molar-refractivity contribution in [3.63, 3.8) is 0 Å². The number of benzene rings is 1. The van der Waals surface area contributed by atoms with Gasteiger partial charge in [-0.05, 0) is 43.2 Å². The van der Waals surface area contributed by atoms with Crippen molar-refractivity contribution in [1.29, 1.82) is 0 Å². The number of hydrogen-bond donors (Lipinski definition) is 1. The van der Waals surface area contributed by atoms with Crippen LogP contribution in [0.15, 0.2) is 24.3 Å².